The molecule has 0 radical (unpaired) electrons. The summed E-state index contributed by atoms with van der Waals surface area (Å²) in [6, 6.07) is 0. The first-order valence-corrected chi connectivity index (χ1v) is 8.46. The minimum absolute atomic E-state index is 0.192. The summed E-state index contributed by atoms with van der Waals surface area (Å²) in [7, 11) is -2.81. The van der Waals surface area contributed by atoms with Crippen LogP contribution in [-0.4, -0.2) is 19.9 Å². The molecular weight excluding hydrogens is 232 g/mol. The van der Waals surface area contributed by atoms with Gasteiger partial charge >= 0.3 is 0 Å². The summed E-state index contributed by atoms with van der Waals surface area (Å²) in [5.41, 5.74) is 0.385. The lowest BCUT2D eigenvalue weighted by Gasteiger charge is -2.42. The zero-order valence-electron chi connectivity index (χ0n) is 12.2. The molecule has 0 N–H and O–H groups in total. The van der Waals surface area contributed by atoms with Gasteiger partial charge in [0.25, 0.3) is 0 Å². The first-order valence-electron chi connectivity index (χ1n) is 6.64. The molecule has 17 heavy (non-hydrogen) atoms. The van der Waals surface area contributed by atoms with Gasteiger partial charge < -0.3 is 0 Å². The highest BCUT2D eigenvalue weighted by Gasteiger charge is 2.41. The van der Waals surface area contributed by atoms with Gasteiger partial charge in [-0.3, -0.25) is 0 Å². The van der Waals surface area contributed by atoms with Gasteiger partial charge in [-0.15, -0.1) is 0 Å². The van der Waals surface area contributed by atoms with Gasteiger partial charge in [-0.05, 0) is 35.5 Å². The Hall–Kier alpha value is -0.0500. The lowest BCUT2D eigenvalue weighted by molar-refractivity contribution is 0.0684. The van der Waals surface area contributed by atoms with E-state index >= 15 is 0 Å². The largest absolute Gasteiger partial charge is 0.229 e. The van der Waals surface area contributed by atoms with Crippen LogP contribution >= 0.6 is 0 Å². The predicted molar refractivity (Wildman–Crippen MR) is 73.8 cm³/mol. The van der Waals surface area contributed by atoms with Crippen LogP contribution in [0.2, 0.25) is 0 Å². The smallest absolute Gasteiger partial charge is 0.150 e. The molecular formula is C14H28O2S. The molecule has 1 aliphatic heterocycles. The van der Waals surface area contributed by atoms with Crippen molar-refractivity contribution in [3.05, 3.63) is 0 Å². The Morgan fingerprint density at radius 1 is 0.765 bits per heavy atom. The van der Waals surface area contributed by atoms with E-state index in [1.165, 1.54) is 0 Å². The van der Waals surface area contributed by atoms with Crippen LogP contribution in [-0.2, 0) is 9.84 Å². The van der Waals surface area contributed by atoms with Gasteiger partial charge in [0.2, 0.25) is 0 Å². The van der Waals surface area contributed by atoms with Crippen molar-refractivity contribution in [2.45, 2.75) is 54.4 Å². The standard InChI is InChI=1S/C14H28O2S/c1-13(2,3)11-7-9-17(15,16)10-8-12(11)14(4,5)6/h11-12H,7-10H2,1-6H3/t11-,12-/m1/s1. The van der Waals surface area contributed by atoms with Crippen molar-refractivity contribution >= 4 is 9.84 Å². The third kappa shape index (κ3) is 3.97. The summed E-state index contributed by atoms with van der Waals surface area (Å²) in [4.78, 5) is 0. The summed E-state index contributed by atoms with van der Waals surface area (Å²) in [6.45, 7) is 13.5. The first kappa shape index (κ1) is 15.0. The Kier molecular flexibility index (Phi) is 4.03. The molecule has 0 aromatic rings. The average molecular weight is 260 g/mol. The molecule has 1 fully saturated rings. The quantitative estimate of drug-likeness (QED) is 0.668. The van der Waals surface area contributed by atoms with Crippen LogP contribution in [0.4, 0.5) is 0 Å². The van der Waals surface area contributed by atoms with Crippen LogP contribution in [0, 0.1) is 22.7 Å². The monoisotopic (exact) mass is 260 g/mol. The molecule has 102 valence electrons. The summed E-state index contributed by atoms with van der Waals surface area (Å²) < 4.78 is 23.6. The second-order valence-corrected chi connectivity index (χ2v) is 9.98. The summed E-state index contributed by atoms with van der Waals surface area (Å²) >= 11 is 0. The molecule has 1 rings (SSSR count). The van der Waals surface area contributed by atoms with Crippen molar-refractivity contribution in [3.63, 3.8) is 0 Å². The lowest BCUT2D eigenvalue weighted by atomic mass is 9.62. The fourth-order valence-corrected chi connectivity index (χ4v) is 4.62. The average Bonchev–Trinajstić information content (AvgIpc) is 2.20. The van der Waals surface area contributed by atoms with Gasteiger partial charge in [-0.1, -0.05) is 41.5 Å². The van der Waals surface area contributed by atoms with Crippen molar-refractivity contribution in [2.24, 2.45) is 22.7 Å². The first-order chi connectivity index (χ1) is 7.43. The molecule has 0 amide bonds. The zero-order chi connectivity index (χ0) is 13.5. The Morgan fingerprint density at radius 3 is 1.29 bits per heavy atom. The molecule has 1 heterocycles. The molecule has 1 saturated heterocycles. The van der Waals surface area contributed by atoms with E-state index in [4.69, 9.17) is 0 Å². The van der Waals surface area contributed by atoms with Gasteiger partial charge in [0.1, 0.15) is 9.84 Å². The maximum absolute atomic E-state index is 11.8. The molecule has 3 heteroatoms. The van der Waals surface area contributed by atoms with Crippen LogP contribution in [0.5, 0.6) is 0 Å². The van der Waals surface area contributed by atoms with Gasteiger partial charge in [-0.2, -0.15) is 0 Å². The van der Waals surface area contributed by atoms with E-state index in [0.717, 1.165) is 12.8 Å². The predicted octanol–water partition coefficient (Wildman–Crippen LogP) is 3.52. The molecule has 0 spiro atoms. The highest BCUT2D eigenvalue weighted by Crippen LogP contribution is 2.46. The number of hydrogen-bond donors (Lipinski definition) is 0. The summed E-state index contributed by atoms with van der Waals surface area (Å²) in [5.74, 6) is 1.75. The van der Waals surface area contributed by atoms with Crippen molar-refractivity contribution in [2.75, 3.05) is 11.5 Å². The van der Waals surface area contributed by atoms with Crippen LogP contribution < -0.4 is 0 Å². The minimum atomic E-state index is -2.81. The Morgan fingerprint density at radius 2 is 1.06 bits per heavy atom. The van der Waals surface area contributed by atoms with E-state index in [9.17, 15) is 8.42 Å². The van der Waals surface area contributed by atoms with Crippen LogP contribution in [0.15, 0.2) is 0 Å². The van der Waals surface area contributed by atoms with Crippen molar-refractivity contribution in [1.82, 2.24) is 0 Å². The fourth-order valence-electron chi connectivity index (χ4n) is 3.19. The highest BCUT2D eigenvalue weighted by molar-refractivity contribution is 7.91. The Labute approximate surface area is 107 Å². The van der Waals surface area contributed by atoms with Crippen molar-refractivity contribution < 1.29 is 8.42 Å². The molecule has 0 bridgehead atoms. The van der Waals surface area contributed by atoms with Crippen LogP contribution in [0.1, 0.15) is 54.4 Å². The molecule has 0 aliphatic carbocycles. The third-order valence-corrected chi connectivity index (χ3v) is 5.91. The maximum atomic E-state index is 11.8. The van der Waals surface area contributed by atoms with Gasteiger partial charge in [0, 0.05) is 0 Å². The van der Waals surface area contributed by atoms with E-state index < -0.39 is 9.84 Å². The molecule has 0 saturated carbocycles. The zero-order valence-corrected chi connectivity index (χ0v) is 13.0. The van der Waals surface area contributed by atoms with E-state index in [1.54, 1.807) is 0 Å². The van der Waals surface area contributed by atoms with Gasteiger partial charge in [0.15, 0.2) is 0 Å². The minimum Gasteiger partial charge on any atom is -0.229 e. The van der Waals surface area contributed by atoms with E-state index in [0.29, 0.717) is 23.3 Å². The lowest BCUT2D eigenvalue weighted by Crippen LogP contribution is -2.35. The normalized spacial score (nSPS) is 30.9. The van der Waals surface area contributed by atoms with Gasteiger partial charge in [0.05, 0.1) is 11.5 Å². The SMILES string of the molecule is CC(C)(C)[C@@H]1CCS(=O)(=O)CC[C@H]1C(C)(C)C. The highest BCUT2D eigenvalue weighted by atomic mass is 32.2. The van der Waals surface area contributed by atoms with Crippen LogP contribution in [0.25, 0.3) is 0 Å². The molecule has 1 aliphatic rings. The molecule has 0 aromatic carbocycles. The molecule has 0 aromatic heterocycles. The Bertz CT molecular complexity index is 325. The maximum Gasteiger partial charge on any atom is 0.150 e. The number of sulfone groups is 1. The van der Waals surface area contributed by atoms with E-state index in [2.05, 4.69) is 41.5 Å². The molecule has 2 nitrogen and oxygen atoms in total. The van der Waals surface area contributed by atoms with E-state index in [1.807, 2.05) is 0 Å². The molecule has 2 atom stereocenters. The second kappa shape index (κ2) is 4.56. The third-order valence-electron chi connectivity index (χ3n) is 4.19. The fraction of sp³-hybridized carbons (Fsp3) is 1.00. The van der Waals surface area contributed by atoms with Gasteiger partial charge in [-0.25, -0.2) is 8.42 Å². The van der Waals surface area contributed by atoms with Crippen molar-refractivity contribution in [3.8, 4) is 0 Å². The second-order valence-electron chi connectivity index (χ2n) is 7.67. The van der Waals surface area contributed by atoms with Crippen LogP contribution in [0.3, 0.4) is 0 Å². The summed E-state index contributed by atoms with van der Waals surface area (Å²) in [6.07, 6.45) is 1.65. The summed E-state index contributed by atoms with van der Waals surface area (Å²) in [5, 5.41) is 0. The topological polar surface area (TPSA) is 34.1 Å². The number of rotatable bonds is 0. The molecule has 0 unspecified atom stereocenters. The number of hydrogen-bond acceptors (Lipinski definition) is 2. The Balaban J connectivity index is 3.05. The van der Waals surface area contributed by atoms with E-state index in [-0.39, 0.29) is 10.8 Å². The van der Waals surface area contributed by atoms with Crippen molar-refractivity contribution in [1.29, 1.82) is 0 Å².